The number of nitrogen functional groups attached to an aromatic ring is 1. The Balaban J connectivity index is 2.03. The van der Waals surface area contributed by atoms with Crippen molar-refractivity contribution >= 4 is 34.7 Å². The van der Waals surface area contributed by atoms with Gasteiger partial charge in [0.2, 0.25) is 0 Å². The first-order valence-corrected chi connectivity index (χ1v) is 7.67. The number of nitrogens with two attached hydrogens (primary N) is 1. The smallest absolute Gasteiger partial charge is 0.191 e. The van der Waals surface area contributed by atoms with Crippen molar-refractivity contribution in [2.45, 2.75) is 25.0 Å². The Bertz CT molecular complexity index is 526. The largest absolute Gasteiger partial charge is 0.383 e. The summed E-state index contributed by atoms with van der Waals surface area (Å²) in [6.07, 6.45) is 2.89. The lowest BCUT2D eigenvalue weighted by Crippen LogP contribution is -2.04. The van der Waals surface area contributed by atoms with Crippen molar-refractivity contribution in [3.8, 4) is 0 Å². The molecular weight excluding hydrogens is 266 g/mol. The zero-order chi connectivity index (χ0) is 13.0. The maximum absolute atomic E-state index is 5.71. The molecule has 0 fully saturated rings. The minimum absolute atomic E-state index is 0.477. The third-order valence-electron chi connectivity index (χ3n) is 2.29. The number of thioether (sulfide) groups is 1. The average Bonchev–Trinajstić information content (AvgIpc) is 2.83. The van der Waals surface area contributed by atoms with E-state index in [4.69, 9.17) is 5.73 Å². The van der Waals surface area contributed by atoms with E-state index >= 15 is 0 Å². The lowest BCUT2D eigenvalue weighted by atomic mass is 10.4. The number of anilines is 2. The van der Waals surface area contributed by atoms with Crippen molar-refractivity contribution in [1.82, 2.24) is 15.0 Å². The molecule has 0 unspecified atom stereocenters. The molecule has 0 aromatic carbocycles. The van der Waals surface area contributed by atoms with Gasteiger partial charge in [0, 0.05) is 11.4 Å². The number of nitrogens with one attached hydrogen (secondary N) is 1. The Morgan fingerprint density at radius 2 is 2.22 bits per heavy atom. The molecule has 2 heterocycles. The van der Waals surface area contributed by atoms with E-state index in [1.807, 2.05) is 6.26 Å². The van der Waals surface area contributed by atoms with Gasteiger partial charge in [-0.1, -0.05) is 18.7 Å². The summed E-state index contributed by atoms with van der Waals surface area (Å²) >= 11 is 3.13. The van der Waals surface area contributed by atoms with Crippen LogP contribution in [-0.4, -0.2) is 21.2 Å². The summed E-state index contributed by atoms with van der Waals surface area (Å²) in [5.41, 5.74) is 6.84. The van der Waals surface area contributed by atoms with Gasteiger partial charge in [0.1, 0.15) is 16.6 Å². The van der Waals surface area contributed by atoms with Crippen molar-refractivity contribution in [3.63, 3.8) is 0 Å². The summed E-state index contributed by atoms with van der Waals surface area (Å²) in [7, 11) is 0. The molecule has 0 aliphatic rings. The topological polar surface area (TPSA) is 76.7 Å². The molecular formula is C11H15N5S2. The molecule has 7 heteroatoms. The van der Waals surface area contributed by atoms with Gasteiger partial charge in [0.15, 0.2) is 5.16 Å². The Morgan fingerprint density at radius 3 is 2.89 bits per heavy atom. The third-order valence-corrected chi connectivity index (χ3v) is 3.74. The van der Waals surface area contributed by atoms with Gasteiger partial charge < -0.3 is 11.1 Å². The second-order valence-corrected chi connectivity index (χ2v) is 5.32. The lowest BCUT2D eigenvalue weighted by molar-refractivity contribution is 0.953. The van der Waals surface area contributed by atoms with Crippen molar-refractivity contribution in [2.75, 3.05) is 17.3 Å². The fourth-order valence-electron chi connectivity index (χ4n) is 1.38. The number of hydrogen-bond acceptors (Lipinski definition) is 7. The van der Waals surface area contributed by atoms with Gasteiger partial charge in [0.05, 0.1) is 12.2 Å². The van der Waals surface area contributed by atoms with Crippen LogP contribution in [0.1, 0.15) is 17.6 Å². The van der Waals surface area contributed by atoms with Crippen molar-refractivity contribution in [2.24, 2.45) is 0 Å². The molecule has 0 spiro atoms. The van der Waals surface area contributed by atoms with E-state index in [2.05, 4.69) is 32.6 Å². The zero-order valence-corrected chi connectivity index (χ0v) is 11.9. The number of aryl methyl sites for hydroxylation is 1. The number of hydrogen-bond donors (Lipinski definition) is 2. The van der Waals surface area contributed by atoms with Gasteiger partial charge in [-0.25, -0.2) is 15.0 Å². The molecule has 96 valence electrons. The van der Waals surface area contributed by atoms with Gasteiger partial charge in [0.25, 0.3) is 0 Å². The number of nitrogens with zero attached hydrogens (tertiary/aromatic N) is 3. The quantitative estimate of drug-likeness (QED) is 0.647. The average molecular weight is 281 g/mol. The molecule has 0 radical (unpaired) electrons. The highest BCUT2D eigenvalue weighted by Gasteiger charge is 2.04. The first kappa shape index (κ1) is 13.1. The molecule has 5 nitrogen and oxygen atoms in total. The summed E-state index contributed by atoms with van der Waals surface area (Å²) in [4.78, 5) is 12.9. The second kappa shape index (κ2) is 6.01. The molecule has 2 rings (SSSR count). The molecule has 0 bridgehead atoms. The van der Waals surface area contributed by atoms with Crippen molar-refractivity contribution < 1.29 is 0 Å². The van der Waals surface area contributed by atoms with Gasteiger partial charge in [-0.05, 0) is 12.7 Å². The molecule has 0 aliphatic heterocycles. The van der Waals surface area contributed by atoms with Crippen LogP contribution >= 0.6 is 23.1 Å². The maximum atomic E-state index is 5.71. The van der Waals surface area contributed by atoms with Crippen LogP contribution in [0.15, 0.2) is 16.6 Å². The standard InChI is InChI=1S/C11H15N5S2/c1-3-7-6-18-10(14-7)5-13-9-4-8(12)15-11(16-9)17-2/h4,6H,3,5H2,1-2H3,(H3,12,13,15,16). The number of thiazole rings is 1. The predicted molar refractivity (Wildman–Crippen MR) is 77.0 cm³/mol. The highest BCUT2D eigenvalue weighted by atomic mass is 32.2. The third kappa shape index (κ3) is 3.33. The SMILES string of the molecule is CCc1csc(CNc2cc(N)nc(SC)n2)n1. The first-order valence-electron chi connectivity index (χ1n) is 5.57. The van der Waals surface area contributed by atoms with Crippen LogP contribution in [0.25, 0.3) is 0 Å². The Hall–Kier alpha value is -1.34. The van der Waals surface area contributed by atoms with E-state index in [1.54, 1.807) is 17.4 Å². The molecule has 0 aliphatic carbocycles. The Morgan fingerprint density at radius 1 is 1.39 bits per heavy atom. The molecule has 18 heavy (non-hydrogen) atoms. The second-order valence-electron chi connectivity index (χ2n) is 3.60. The Labute approximate surface area is 114 Å². The van der Waals surface area contributed by atoms with Crippen LogP contribution in [0.3, 0.4) is 0 Å². The molecule has 2 aromatic heterocycles. The van der Waals surface area contributed by atoms with Crippen LogP contribution in [0.4, 0.5) is 11.6 Å². The monoisotopic (exact) mass is 281 g/mol. The van der Waals surface area contributed by atoms with E-state index in [1.165, 1.54) is 11.8 Å². The van der Waals surface area contributed by atoms with Crippen LogP contribution < -0.4 is 11.1 Å². The van der Waals surface area contributed by atoms with Gasteiger partial charge in [-0.3, -0.25) is 0 Å². The van der Waals surface area contributed by atoms with E-state index in [-0.39, 0.29) is 0 Å². The predicted octanol–water partition coefficient (Wildman–Crippen LogP) is 2.41. The van der Waals surface area contributed by atoms with E-state index in [9.17, 15) is 0 Å². The van der Waals surface area contributed by atoms with Gasteiger partial charge in [-0.15, -0.1) is 11.3 Å². The van der Waals surface area contributed by atoms with Crippen LogP contribution in [0.5, 0.6) is 0 Å². The van der Waals surface area contributed by atoms with Gasteiger partial charge in [-0.2, -0.15) is 0 Å². The van der Waals surface area contributed by atoms with E-state index < -0.39 is 0 Å². The Kier molecular flexibility index (Phi) is 4.38. The summed E-state index contributed by atoms with van der Waals surface area (Å²) in [5.74, 6) is 1.21. The van der Waals surface area contributed by atoms with Crippen molar-refractivity contribution in [3.05, 3.63) is 22.1 Å². The van der Waals surface area contributed by atoms with Gasteiger partial charge >= 0.3 is 0 Å². The van der Waals surface area contributed by atoms with Crippen LogP contribution in [-0.2, 0) is 13.0 Å². The highest BCUT2D eigenvalue weighted by Crippen LogP contribution is 2.17. The molecule has 0 atom stereocenters. The molecule has 0 amide bonds. The summed E-state index contributed by atoms with van der Waals surface area (Å²) in [5, 5.41) is 7.02. The molecule has 0 saturated heterocycles. The molecule has 2 aromatic rings. The molecule has 0 saturated carbocycles. The fraction of sp³-hybridized carbons (Fsp3) is 0.364. The highest BCUT2D eigenvalue weighted by molar-refractivity contribution is 7.98. The summed E-state index contributed by atoms with van der Waals surface area (Å²) in [6, 6.07) is 1.73. The number of aromatic nitrogens is 3. The minimum Gasteiger partial charge on any atom is -0.383 e. The fourth-order valence-corrected chi connectivity index (χ4v) is 2.59. The molecule has 3 N–H and O–H groups in total. The zero-order valence-electron chi connectivity index (χ0n) is 10.3. The number of rotatable bonds is 5. The maximum Gasteiger partial charge on any atom is 0.191 e. The summed E-state index contributed by atoms with van der Waals surface area (Å²) in [6.45, 7) is 2.76. The first-order chi connectivity index (χ1) is 8.71. The lowest BCUT2D eigenvalue weighted by Gasteiger charge is -2.05. The van der Waals surface area contributed by atoms with E-state index in [0.717, 1.165) is 22.9 Å². The van der Waals surface area contributed by atoms with E-state index in [0.29, 0.717) is 17.5 Å². The summed E-state index contributed by atoms with van der Waals surface area (Å²) < 4.78 is 0. The van der Waals surface area contributed by atoms with Crippen LogP contribution in [0, 0.1) is 0 Å². The van der Waals surface area contributed by atoms with Crippen LogP contribution in [0.2, 0.25) is 0 Å². The minimum atomic E-state index is 0.477. The normalized spacial score (nSPS) is 10.6. The van der Waals surface area contributed by atoms with Crippen molar-refractivity contribution in [1.29, 1.82) is 0 Å².